The Morgan fingerprint density at radius 2 is 1.90 bits per heavy atom. The number of aromatic nitrogens is 3. The Morgan fingerprint density at radius 3 is 2.67 bits per heavy atom. The summed E-state index contributed by atoms with van der Waals surface area (Å²) >= 11 is 0. The quantitative estimate of drug-likeness (QED) is 0.276. The molecule has 10 nitrogen and oxygen atoms in total. The first kappa shape index (κ1) is 26.8. The van der Waals surface area contributed by atoms with Crippen LogP contribution in [0.3, 0.4) is 0 Å². The van der Waals surface area contributed by atoms with E-state index in [1.807, 2.05) is 54.7 Å². The maximum atomic E-state index is 13.2. The molecule has 3 heterocycles. The van der Waals surface area contributed by atoms with Gasteiger partial charge in [0.25, 0.3) is 11.5 Å². The molecule has 5 aromatic rings. The number of carboxylic acids is 1. The molecule has 10 heteroatoms. The number of carbonyl (C=O) groups is 1. The topological polar surface area (TPSA) is 142 Å². The molecular weight excluding hydrogens is 512 g/mol. The molecule has 1 aliphatic rings. The Kier molecular flexibility index (Phi) is 7.97. The maximum Gasteiger partial charge on any atom is 0.300 e. The van der Waals surface area contributed by atoms with E-state index in [0.717, 1.165) is 47.7 Å². The van der Waals surface area contributed by atoms with E-state index >= 15 is 0 Å². The molecule has 0 atom stereocenters. The van der Waals surface area contributed by atoms with Crippen molar-refractivity contribution in [3.8, 4) is 28.5 Å². The number of nitrogens with one attached hydrogen (secondary N) is 1. The molecule has 0 spiro atoms. The number of benzene rings is 3. The normalized spacial score (nSPS) is 12.2. The highest BCUT2D eigenvalue weighted by molar-refractivity contribution is 5.97. The Balaban J connectivity index is 0.000000758. The van der Waals surface area contributed by atoms with Gasteiger partial charge in [-0.25, -0.2) is 4.98 Å². The monoisotopic (exact) mass is 542 g/mol. The number of fused-ring (bicyclic) bond motifs is 4. The lowest BCUT2D eigenvalue weighted by molar-refractivity contribution is -0.134. The molecule has 3 aromatic carbocycles. The van der Waals surface area contributed by atoms with Crippen LogP contribution in [-0.2, 0) is 17.9 Å². The van der Waals surface area contributed by atoms with Gasteiger partial charge in [0.15, 0.2) is 11.5 Å². The minimum atomic E-state index is -0.833. The van der Waals surface area contributed by atoms with E-state index in [0.29, 0.717) is 54.6 Å². The predicted octanol–water partition coefficient (Wildman–Crippen LogP) is 4.33. The third-order valence-corrected chi connectivity index (χ3v) is 6.33. The van der Waals surface area contributed by atoms with Crippen LogP contribution in [0.5, 0.6) is 17.2 Å². The van der Waals surface area contributed by atoms with Crippen molar-refractivity contribution < 1.29 is 24.1 Å². The van der Waals surface area contributed by atoms with Crippen molar-refractivity contribution in [1.82, 2.24) is 14.5 Å². The maximum absolute atomic E-state index is 13.2. The molecule has 0 amide bonds. The summed E-state index contributed by atoms with van der Waals surface area (Å²) in [6, 6.07) is 19.5. The van der Waals surface area contributed by atoms with Gasteiger partial charge in [-0.3, -0.25) is 9.59 Å². The summed E-state index contributed by atoms with van der Waals surface area (Å²) in [6.07, 6.45) is 2.78. The molecule has 0 fully saturated rings. The molecule has 1 aliphatic heterocycles. The lowest BCUT2D eigenvalue weighted by atomic mass is 10.1. The van der Waals surface area contributed by atoms with E-state index in [1.54, 1.807) is 12.1 Å². The van der Waals surface area contributed by atoms with Crippen LogP contribution in [0.2, 0.25) is 0 Å². The number of nitrogens with zero attached hydrogens (tertiary/aromatic N) is 2. The van der Waals surface area contributed by atoms with Gasteiger partial charge < -0.3 is 34.6 Å². The van der Waals surface area contributed by atoms with Crippen molar-refractivity contribution in [2.75, 3.05) is 19.8 Å². The summed E-state index contributed by atoms with van der Waals surface area (Å²) < 4.78 is 19.8. The lowest BCUT2D eigenvalue weighted by Crippen LogP contribution is -2.17. The molecule has 0 radical (unpaired) electrons. The fourth-order valence-electron chi connectivity index (χ4n) is 4.58. The van der Waals surface area contributed by atoms with Gasteiger partial charge >= 0.3 is 0 Å². The third-order valence-electron chi connectivity index (χ3n) is 6.33. The number of rotatable bonds is 7. The van der Waals surface area contributed by atoms with Gasteiger partial charge in [0.2, 0.25) is 0 Å². The number of ether oxygens (including phenoxy) is 3. The predicted molar refractivity (Wildman–Crippen MR) is 152 cm³/mol. The van der Waals surface area contributed by atoms with Crippen LogP contribution in [0.25, 0.3) is 33.2 Å². The molecule has 206 valence electrons. The summed E-state index contributed by atoms with van der Waals surface area (Å²) in [6.45, 7) is 3.76. The van der Waals surface area contributed by atoms with Gasteiger partial charge in [0, 0.05) is 36.1 Å². The Labute approximate surface area is 229 Å². The number of carboxylic acid groups (broad SMARTS) is 1. The molecule has 40 heavy (non-hydrogen) atoms. The smallest absolute Gasteiger partial charge is 0.300 e. The van der Waals surface area contributed by atoms with Crippen molar-refractivity contribution in [1.29, 1.82) is 0 Å². The van der Waals surface area contributed by atoms with Crippen molar-refractivity contribution in [3.05, 3.63) is 82.8 Å². The lowest BCUT2D eigenvalue weighted by Gasteiger charge is -2.19. The van der Waals surface area contributed by atoms with E-state index in [1.165, 1.54) is 0 Å². The standard InChI is InChI=1S/C28H26N4O4.C2H4O2/c29-11-4-12-32-16-21(20-15-19(7-9-23(20)32)36-17-18-5-2-1-3-6-18)25-28(33)30-22-8-10-24-27(26(22)31-25)35-14-13-34-24;1-2(3)4/h1-3,5-10,15-16H,4,11-14,17,29H2,(H,30,33);1H3,(H,3,4). The Morgan fingerprint density at radius 1 is 1.12 bits per heavy atom. The number of aryl methyl sites for hydroxylation is 1. The van der Waals surface area contributed by atoms with Gasteiger partial charge in [-0.1, -0.05) is 30.3 Å². The van der Waals surface area contributed by atoms with Crippen LogP contribution < -0.4 is 25.5 Å². The molecule has 0 aliphatic carbocycles. The molecule has 0 saturated heterocycles. The van der Waals surface area contributed by atoms with Crippen LogP contribution in [-0.4, -0.2) is 45.4 Å². The van der Waals surface area contributed by atoms with E-state index < -0.39 is 5.97 Å². The highest BCUT2D eigenvalue weighted by Gasteiger charge is 2.21. The van der Waals surface area contributed by atoms with Gasteiger partial charge in [-0.2, -0.15) is 0 Å². The van der Waals surface area contributed by atoms with E-state index in [2.05, 4.69) is 9.55 Å². The van der Waals surface area contributed by atoms with Gasteiger partial charge in [-0.05, 0) is 48.9 Å². The second-order valence-corrected chi connectivity index (χ2v) is 9.25. The summed E-state index contributed by atoms with van der Waals surface area (Å²) in [4.78, 5) is 30.0. The number of nitrogens with two attached hydrogens (primary N) is 1. The van der Waals surface area contributed by atoms with Crippen LogP contribution in [0.4, 0.5) is 0 Å². The number of H-pyrrole nitrogens is 1. The van der Waals surface area contributed by atoms with Crippen molar-refractivity contribution in [3.63, 3.8) is 0 Å². The zero-order chi connectivity index (χ0) is 28.1. The molecule has 2 aromatic heterocycles. The van der Waals surface area contributed by atoms with Crippen LogP contribution in [0.1, 0.15) is 18.9 Å². The largest absolute Gasteiger partial charge is 0.489 e. The number of hydrogen-bond acceptors (Lipinski definition) is 7. The Bertz CT molecular complexity index is 1710. The molecule has 6 rings (SSSR count). The summed E-state index contributed by atoms with van der Waals surface area (Å²) in [7, 11) is 0. The second-order valence-electron chi connectivity index (χ2n) is 9.25. The first-order valence-electron chi connectivity index (χ1n) is 13.0. The fourth-order valence-corrected chi connectivity index (χ4v) is 4.58. The Hall–Kier alpha value is -4.83. The summed E-state index contributed by atoms with van der Waals surface area (Å²) in [5.74, 6) is 1.06. The van der Waals surface area contributed by atoms with Crippen molar-refractivity contribution >= 4 is 27.9 Å². The van der Waals surface area contributed by atoms with Gasteiger partial charge in [0.05, 0.1) is 5.52 Å². The molecule has 0 unspecified atom stereocenters. The minimum Gasteiger partial charge on any atom is -0.489 e. The SMILES string of the molecule is CC(=O)O.NCCCn1cc(-c2nc3c4c(ccc3[nH]c2=O)OCCO4)c2cc(OCc3ccccc3)ccc21. The zero-order valence-electron chi connectivity index (χ0n) is 22.1. The van der Waals surface area contributed by atoms with Crippen LogP contribution in [0.15, 0.2) is 71.7 Å². The third kappa shape index (κ3) is 5.76. The molecule has 0 bridgehead atoms. The van der Waals surface area contributed by atoms with Crippen LogP contribution in [0, 0.1) is 0 Å². The first-order chi connectivity index (χ1) is 19.4. The van der Waals surface area contributed by atoms with Crippen molar-refractivity contribution in [2.45, 2.75) is 26.5 Å². The van der Waals surface area contributed by atoms with Crippen molar-refractivity contribution in [2.24, 2.45) is 5.73 Å². The molecular formula is C30H30N4O6. The first-order valence-corrected chi connectivity index (χ1v) is 13.0. The van der Waals surface area contributed by atoms with Gasteiger partial charge in [0.1, 0.15) is 36.8 Å². The summed E-state index contributed by atoms with van der Waals surface area (Å²) in [5.41, 5.74) is 9.80. The number of hydrogen-bond donors (Lipinski definition) is 3. The van der Waals surface area contributed by atoms with Gasteiger partial charge in [-0.15, -0.1) is 0 Å². The second kappa shape index (κ2) is 11.9. The van der Waals surface area contributed by atoms with E-state index in [4.69, 9.17) is 34.8 Å². The number of aromatic amines is 1. The van der Waals surface area contributed by atoms with E-state index in [-0.39, 0.29) is 5.56 Å². The average molecular weight is 543 g/mol. The average Bonchev–Trinajstić information content (AvgIpc) is 3.32. The number of aliphatic carboxylic acids is 1. The minimum absolute atomic E-state index is 0.271. The zero-order valence-corrected chi connectivity index (χ0v) is 22.1. The highest BCUT2D eigenvalue weighted by Crippen LogP contribution is 2.37. The van der Waals surface area contributed by atoms with Crippen LogP contribution >= 0.6 is 0 Å². The fraction of sp³-hybridized carbons (Fsp3) is 0.233. The van der Waals surface area contributed by atoms with E-state index in [9.17, 15) is 4.79 Å². The highest BCUT2D eigenvalue weighted by atomic mass is 16.6. The summed E-state index contributed by atoms with van der Waals surface area (Å²) in [5, 5.41) is 8.30. The molecule has 0 saturated carbocycles. The molecule has 4 N–H and O–H groups in total.